The van der Waals surface area contributed by atoms with Gasteiger partial charge in [0.2, 0.25) is 0 Å². The monoisotopic (exact) mass is 375 g/mol. The summed E-state index contributed by atoms with van der Waals surface area (Å²) in [6, 6.07) is 21.8. The van der Waals surface area contributed by atoms with Crippen molar-refractivity contribution in [2.45, 2.75) is 12.5 Å². The van der Waals surface area contributed by atoms with Gasteiger partial charge in [0.25, 0.3) is 5.91 Å². The van der Waals surface area contributed by atoms with Gasteiger partial charge in [-0.2, -0.15) is 5.10 Å². The number of phenols is 2. The molecule has 142 valence electrons. The fourth-order valence-corrected chi connectivity index (χ4v) is 2.77. The highest BCUT2D eigenvalue weighted by Crippen LogP contribution is 2.25. The molecule has 1 amide bonds. The topological polar surface area (TPSA) is 108 Å². The van der Waals surface area contributed by atoms with Gasteiger partial charge in [-0.05, 0) is 36.2 Å². The fraction of sp³-hybridized carbons (Fsp3) is 0.0909. The van der Waals surface area contributed by atoms with E-state index in [2.05, 4.69) is 10.5 Å². The van der Waals surface area contributed by atoms with Gasteiger partial charge in [-0.15, -0.1) is 0 Å². The number of rotatable bonds is 6. The quantitative estimate of drug-likeness (QED) is 0.392. The molecule has 0 aromatic heterocycles. The van der Waals surface area contributed by atoms with Crippen molar-refractivity contribution in [1.29, 1.82) is 0 Å². The van der Waals surface area contributed by atoms with E-state index in [0.29, 0.717) is 17.5 Å². The van der Waals surface area contributed by atoms with E-state index < -0.39 is 11.9 Å². The Balaban J connectivity index is 1.86. The van der Waals surface area contributed by atoms with Crippen molar-refractivity contribution in [2.24, 2.45) is 10.8 Å². The van der Waals surface area contributed by atoms with Crippen LogP contribution < -0.4 is 11.2 Å². The van der Waals surface area contributed by atoms with Crippen molar-refractivity contribution in [1.82, 2.24) is 5.43 Å². The second kappa shape index (κ2) is 8.83. The Labute approximate surface area is 163 Å². The Morgan fingerprint density at radius 2 is 1.36 bits per heavy atom. The highest BCUT2D eigenvalue weighted by atomic mass is 16.3. The van der Waals surface area contributed by atoms with E-state index >= 15 is 0 Å². The molecule has 0 spiro atoms. The second-order valence-corrected chi connectivity index (χ2v) is 6.27. The highest BCUT2D eigenvalue weighted by molar-refractivity contribution is 6.16. The third-order valence-electron chi connectivity index (χ3n) is 4.23. The minimum absolute atomic E-state index is 0.0210. The molecular weight excluding hydrogens is 354 g/mol. The second-order valence-electron chi connectivity index (χ2n) is 6.27. The average molecular weight is 375 g/mol. The number of amides is 1. The maximum atomic E-state index is 12.4. The van der Waals surface area contributed by atoms with Gasteiger partial charge in [0, 0.05) is 11.1 Å². The summed E-state index contributed by atoms with van der Waals surface area (Å²) in [6.07, 6.45) is 0.366. The number of hydrogen-bond donors (Lipinski definition) is 4. The number of hydrazone groups is 1. The van der Waals surface area contributed by atoms with Crippen molar-refractivity contribution in [3.8, 4) is 11.5 Å². The number of benzene rings is 3. The number of hydrogen-bond acceptors (Lipinski definition) is 5. The molecule has 3 rings (SSSR count). The lowest BCUT2D eigenvalue weighted by Gasteiger charge is -2.13. The third-order valence-corrected chi connectivity index (χ3v) is 4.23. The van der Waals surface area contributed by atoms with Crippen molar-refractivity contribution < 1.29 is 15.0 Å². The van der Waals surface area contributed by atoms with Crippen LogP contribution in [-0.2, 0) is 11.2 Å². The van der Waals surface area contributed by atoms with Crippen molar-refractivity contribution >= 4 is 11.6 Å². The summed E-state index contributed by atoms with van der Waals surface area (Å²) in [5.74, 6) is -0.508. The zero-order valence-electron chi connectivity index (χ0n) is 15.1. The molecule has 0 saturated heterocycles. The number of phenolic OH excluding ortho intramolecular Hbond substituents is 2. The molecule has 0 bridgehead atoms. The number of nitrogens with zero attached hydrogens (tertiary/aromatic N) is 1. The fourth-order valence-electron chi connectivity index (χ4n) is 2.77. The summed E-state index contributed by atoms with van der Waals surface area (Å²) < 4.78 is 0. The van der Waals surface area contributed by atoms with E-state index in [1.54, 1.807) is 36.4 Å². The SMILES string of the molecule is N[C@@H](Cc1ccccc1)C(=O)NN=C(c1ccccc1O)c1ccccc1O. The minimum atomic E-state index is -0.791. The van der Waals surface area contributed by atoms with Gasteiger partial charge < -0.3 is 15.9 Å². The van der Waals surface area contributed by atoms with Gasteiger partial charge in [-0.25, -0.2) is 5.43 Å². The summed E-state index contributed by atoms with van der Waals surface area (Å²) in [5, 5.41) is 24.6. The van der Waals surface area contributed by atoms with Gasteiger partial charge in [0.05, 0.1) is 6.04 Å². The molecule has 0 saturated carbocycles. The van der Waals surface area contributed by atoms with Crippen LogP contribution in [0.5, 0.6) is 11.5 Å². The zero-order valence-corrected chi connectivity index (χ0v) is 15.1. The summed E-state index contributed by atoms with van der Waals surface area (Å²) in [6.45, 7) is 0. The van der Waals surface area contributed by atoms with E-state index in [1.165, 1.54) is 12.1 Å². The van der Waals surface area contributed by atoms with Crippen LogP contribution in [-0.4, -0.2) is 27.9 Å². The van der Waals surface area contributed by atoms with E-state index in [4.69, 9.17) is 5.73 Å². The van der Waals surface area contributed by atoms with Gasteiger partial charge in [-0.1, -0.05) is 54.6 Å². The van der Waals surface area contributed by atoms with Gasteiger partial charge in [0.15, 0.2) is 0 Å². The first-order valence-electron chi connectivity index (χ1n) is 8.80. The Bertz CT molecular complexity index is 940. The molecule has 0 radical (unpaired) electrons. The molecule has 5 N–H and O–H groups in total. The van der Waals surface area contributed by atoms with E-state index in [-0.39, 0.29) is 17.2 Å². The van der Waals surface area contributed by atoms with E-state index in [1.807, 2.05) is 30.3 Å². The molecule has 3 aromatic carbocycles. The molecule has 0 aliphatic heterocycles. The number of carbonyl (C=O) groups is 1. The van der Waals surface area contributed by atoms with Crippen LogP contribution in [0.15, 0.2) is 84.0 Å². The summed E-state index contributed by atoms with van der Waals surface area (Å²) in [4.78, 5) is 12.4. The predicted molar refractivity (Wildman–Crippen MR) is 108 cm³/mol. The number of nitrogens with two attached hydrogens (primary N) is 1. The van der Waals surface area contributed by atoms with Crippen LogP contribution in [0.3, 0.4) is 0 Å². The first-order chi connectivity index (χ1) is 13.6. The summed E-state index contributed by atoms with van der Waals surface area (Å²) in [7, 11) is 0. The Morgan fingerprint density at radius 3 is 1.89 bits per heavy atom. The smallest absolute Gasteiger partial charge is 0.257 e. The maximum Gasteiger partial charge on any atom is 0.257 e. The summed E-state index contributed by atoms with van der Waals surface area (Å²) >= 11 is 0. The molecule has 6 nitrogen and oxygen atoms in total. The van der Waals surface area contributed by atoms with Crippen LogP contribution in [0.1, 0.15) is 16.7 Å². The lowest BCUT2D eigenvalue weighted by atomic mass is 10.0. The average Bonchev–Trinajstić information content (AvgIpc) is 2.71. The normalized spacial score (nSPS) is 11.5. The van der Waals surface area contributed by atoms with Crippen molar-refractivity contribution in [3.05, 3.63) is 95.6 Å². The van der Waals surface area contributed by atoms with Crippen LogP contribution in [0, 0.1) is 0 Å². The first kappa shape index (κ1) is 19.1. The molecule has 0 fully saturated rings. The van der Waals surface area contributed by atoms with E-state index in [9.17, 15) is 15.0 Å². The lowest BCUT2D eigenvalue weighted by Crippen LogP contribution is -2.40. The van der Waals surface area contributed by atoms with Crippen molar-refractivity contribution in [2.75, 3.05) is 0 Å². The molecule has 3 aromatic rings. The number of aromatic hydroxyl groups is 2. The lowest BCUT2D eigenvalue weighted by molar-refractivity contribution is -0.122. The standard InChI is InChI=1S/C22H21N3O3/c23-18(14-15-8-2-1-3-9-15)22(28)25-24-21(16-10-4-6-12-19(16)26)17-11-5-7-13-20(17)27/h1-13,18,26-27H,14,23H2,(H,25,28)/t18-/m0/s1. The molecule has 6 heteroatoms. The largest absolute Gasteiger partial charge is 0.507 e. The van der Waals surface area contributed by atoms with Crippen LogP contribution in [0.25, 0.3) is 0 Å². The molecule has 0 aliphatic carbocycles. The van der Waals surface area contributed by atoms with E-state index in [0.717, 1.165) is 5.56 Å². The number of carbonyl (C=O) groups excluding carboxylic acids is 1. The molecule has 0 unspecified atom stereocenters. The minimum Gasteiger partial charge on any atom is -0.507 e. The first-order valence-corrected chi connectivity index (χ1v) is 8.80. The molecule has 0 heterocycles. The Morgan fingerprint density at radius 1 is 0.857 bits per heavy atom. The summed E-state index contributed by atoms with van der Waals surface area (Å²) in [5.41, 5.74) is 10.4. The van der Waals surface area contributed by atoms with Crippen LogP contribution in [0.4, 0.5) is 0 Å². The molecule has 1 atom stereocenters. The van der Waals surface area contributed by atoms with Gasteiger partial charge in [0.1, 0.15) is 17.2 Å². The Kier molecular flexibility index (Phi) is 6.04. The Hall–Kier alpha value is -3.64. The maximum absolute atomic E-state index is 12.4. The van der Waals surface area contributed by atoms with Crippen LogP contribution in [0.2, 0.25) is 0 Å². The zero-order chi connectivity index (χ0) is 19.9. The number of nitrogens with one attached hydrogen (secondary N) is 1. The molecular formula is C22H21N3O3. The third kappa shape index (κ3) is 4.55. The molecule has 28 heavy (non-hydrogen) atoms. The molecule has 0 aliphatic rings. The number of para-hydroxylation sites is 2. The predicted octanol–water partition coefficient (Wildman–Crippen LogP) is 2.54. The highest BCUT2D eigenvalue weighted by Gasteiger charge is 2.17. The van der Waals surface area contributed by atoms with Crippen molar-refractivity contribution in [3.63, 3.8) is 0 Å². The van der Waals surface area contributed by atoms with Crippen LogP contribution >= 0.6 is 0 Å². The van der Waals surface area contributed by atoms with Gasteiger partial charge in [-0.3, -0.25) is 4.79 Å². The van der Waals surface area contributed by atoms with Gasteiger partial charge >= 0.3 is 0 Å².